The molecule has 0 spiro atoms. The zero-order chi connectivity index (χ0) is 16.7. The Bertz CT molecular complexity index is 652. The molecule has 5 nitrogen and oxygen atoms in total. The predicted molar refractivity (Wildman–Crippen MR) is 86.9 cm³/mol. The quantitative estimate of drug-likeness (QED) is 0.710. The summed E-state index contributed by atoms with van der Waals surface area (Å²) in [4.78, 5) is 15.7. The van der Waals surface area contributed by atoms with Crippen molar-refractivity contribution in [2.75, 3.05) is 18.5 Å². The maximum absolute atomic E-state index is 12.9. The van der Waals surface area contributed by atoms with Gasteiger partial charge in [0.1, 0.15) is 5.82 Å². The van der Waals surface area contributed by atoms with E-state index < -0.39 is 6.03 Å². The van der Waals surface area contributed by atoms with Crippen molar-refractivity contribution in [2.24, 2.45) is 5.92 Å². The minimum Gasteiger partial charge on any atom is -0.396 e. The lowest BCUT2D eigenvalue weighted by molar-refractivity contribution is 0.218. The van der Waals surface area contributed by atoms with Crippen molar-refractivity contribution in [2.45, 2.75) is 6.42 Å². The molecule has 2 amide bonds. The lowest BCUT2D eigenvalue weighted by Gasteiger charge is -2.16. The SMILES string of the molecule is O=C(NC[C@H](CO)Cc1ccc(F)cc1)Nc1cccnc1Cl. The Morgan fingerprint density at radius 1 is 1.30 bits per heavy atom. The number of pyridine rings is 1. The first-order valence-corrected chi connectivity index (χ1v) is 7.47. The summed E-state index contributed by atoms with van der Waals surface area (Å²) in [7, 11) is 0. The number of urea groups is 1. The lowest BCUT2D eigenvalue weighted by atomic mass is 10.00. The van der Waals surface area contributed by atoms with E-state index >= 15 is 0 Å². The van der Waals surface area contributed by atoms with Gasteiger partial charge in [0.25, 0.3) is 0 Å². The number of aliphatic hydroxyl groups is 1. The Balaban J connectivity index is 1.84. The van der Waals surface area contributed by atoms with E-state index in [1.165, 1.54) is 18.3 Å². The molecule has 0 aliphatic heterocycles. The highest BCUT2D eigenvalue weighted by molar-refractivity contribution is 6.32. The molecule has 0 radical (unpaired) electrons. The van der Waals surface area contributed by atoms with Gasteiger partial charge in [0.05, 0.1) is 5.69 Å². The third-order valence-electron chi connectivity index (χ3n) is 3.25. The molecule has 1 heterocycles. The number of benzene rings is 1. The van der Waals surface area contributed by atoms with Crippen molar-refractivity contribution < 1.29 is 14.3 Å². The molecule has 0 fully saturated rings. The van der Waals surface area contributed by atoms with Gasteiger partial charge in [-0.25, -0.2) is 14.2 Å². The highest BCUT2D eigenvalue weighted by Gasteiger charge is 2.12. The Labute approximate surface area is 138 Å². The largest absolute Gasteiger partial charge is 0.396 e. The average Bonchev–Trinajstić information content (AvgIpc) is 2.55. The second kappa shape index (κ2) is 8.45. The minimum absolute atomic E-state index is 0.0920. The summed E-state index contributed by atoms with van der Waals surface area (Å²) in [5, 5.41) is 14.9. The second-order valence-electron chi connectivity index (χ2n) is 5.06. The Morgan fingerprint density at radius 3 is 2.70 bits per heavy atom. The molecule has 1 aromatic carbocycles. The van der Waals surface area contributed by atoms with E-state index in [0.29, 0.717) is 12.1 Å². The van der Waals surface area contributed by atoms with Crippen molar-refractivity contribution >= 4 is 23.3 Å². The summed E-state index contributed by atoms with van der Waals surface area (Å²) in [5.41, 5.74) is 1.30. The molecule has 0 unspecified atom stereocenters. The van der Waals surface area contributed by atoms with E-state index in [-0.39, 0.29) is 30.0 Å². The van der Waals surface area contributed by atoms with Crippen LogP contribution in [0.2, 0.25) is 5.15 Å². The number of carbonyl (C=O) groups excluding carboxylic acids is 1. The van der Waals surface area contributed by atoms with E-state index in [4.69, 9.17) is 11.6 Å². The molecular weight excluding hydrogens is 321 g/mol. The maximum Gasteiger partial charge on any atom is 0.319 e. The molecule has 122 valence electrons. The van der Waals surface area contributed by atoms with Crippen LogP contribution in [-0.4, -0.2) is 29.3 Å². The van der Waals surface area contributed by atoms with E-state index in [1.54, 1.807) is 24.3 Å². The van der Waals surface area contributed by atoms with Gasteiger partial charge in [-0.3, -0.25) is 0 Å². The lowest BCUT2D eigenvalue weighted by Crippen LogP contribution is -2.35. The molecule has 7 heteroatoms. The highest BCUT2D eigenvalue weighted by Crippen LogP contribution is 2.17. The van der Waals surface area contributed by atoms with Crippen LogP contribution < -0.4 is 10.6 Å². The van der Waals surface area contributed by atoms with Crippen LogP contribution in [-0.2, 0) is 6.42 Å². The van der Waals surface area contributed by atoms with Gasteiger partial charge in [0, 0.05) is 25.3 Å². The van der Waals surface area contributed by atoms with Crippen molar-refractivity contribution in [3.63, 3.8) is 0 Å². The number of amides is 2. The van der Waals surface area contributed by atoms with Crippen molar-refractivity contribution in [3.05, 3.63) is 59.1 Å². The number of nitrogens with one attached hydrogen (secondary N) is 2. The van der Waals surface area contributed by atoms with Crippen LogP contribution >= 0.6 is 11.6 Å². The molecule has 2 aromatic rings. The zero-order valence-corrected chi connectivity index (χ0v) is 13.1. The molecule has 0 saturated carbocycles. The molecule has 0 aliphatic carbocycles. The summed E-state index contributed by atoms with van der Waals surface area (Å²) >= 11 is 5.85. The molecule has 0 aliphatic rings. The van der Waals surface area contributed by atoms with Crippen molar-refractivity contribution in [1.29, 1.82) is 0 Å². The Morgan fingerprint density at radius 2 is 2.04 bits per heavy atom. The molecule has 3 N–H and O–H groups in total. The summed E-state index contributed by atoms with van der Waals surface area (Å²) in [6.45, 7) is 0.183. The summed E-state index contributed by atoms with van der Waals surface area (Å²) in [5.74, 6) is -0.476. The molecule has 1 aromatic heterocycles. The van der Waals surface area contributed by atoms with Gasteiger partial charge in [0.2, 0.25) is 0 Å². The summed E-state index contributed by atoms with van der Waals surface area (Å²) < 4.78 is 12.9. The summed E-state index contributed by atoms with van der Waals surface area (Å²) in [6, 6.07) is 8.92. The van der Waals surface area contributed by atoms with Gasteiger partial charge in [-0.15, -0.1) is 0 Å². The van der Waals surface area contributed by atoms with Gasteiger partial charge in [-0.1, -0.05) is 23.7 Å². The van der Waals surface area contributed by atoms with Crippen molar-refractivity contribution in [1.82, 2.24) is 10.3 Å². The monoisotopic (exact) mass is 337 g/mol. The first-order chi connectivity index (χ1) is 11.1. The van der Waals surface area contributed by atoms with Crippen LogP contribution in [0.25, 0.3) is 0 Å². The van der Waals surface area contributed by atoms with Gasteiger partial charge >= 0.3 is 6.03 Å². The van der Waals surface area contributed by atoms with Gasteiger partial charge in [0.15, 0.2) is 5.15 Å². The number of anilines is 1. The van der Waals surface area contributed by atoms with E-state index in [9.17, 15) is 14.3 Å². The molecule has 0 saturated heterocycles. The molecular formula is C16H17ClFN3O2. The number of hydrogen-bond acceptors (Lipinski definition) is 3. The fourth-order valence-electron chi connectivity index (χ4n) is 2.04. The molecule has 23 heavy (non-hydrogen) atoms. The molecule has 2 rings (SSSR count). The van der Waals surface area contributed by atoms with Crippen LogP contribution in [0.1, 0.15) is 5.56 Å². The van der Waals surface area contributed by atoms with Crippen LogP contribution in [0.3, 0.4) is 0 Å². The molecule has 0 bridgehead atoms. The predicted octanol–water partition coefficient (Wildman–Crippen LogP) is 2.85. The van der Waals surface area contributed by atoms with E-state index in [2.05, 4.69) is 15.6 Å². The summed E-state index contributed by atoms with van der Waals surface area (Å²) in [6.07, 6.45) is 2.06. The fraction of sp³-hybridized carbons (Fsp3) is 0.250. The van der Waals surface area contributed by atoms with Gasteiger partial charge < -0.3 is 15.7 Å². The number of rotatable bonds is 6. The van der Waals surface area contributed by atoms with Crippen LogP contribution in [0.4, 0.5) is 14.9 Å². The van der Waals surface area contributed by atoms with Crippen molar-refractivity contribution in [3.8, 4) is 0 Å². The van der Waals surface area contributed by atoms with E-state index in [1.807, 2.05) is 0 Å². The smallest absolute Gasteiger partial charge is 0.319 e. The number of nitrogens with zero attached hydrogens (tertiary/aromatic N) is 1. The first kappa shape index (κ1) is 17.2. The fourth-order valence-corrected chi connectivity index (χ4v) is 2.20. The Hall–Kier alpha value is -2.18. The standard InChI is InChI=1S/C16H17ClFN3O2/c17-15-14(2-1-7-19-15)21-16(23)20-9-12(10-22)8-11-3-5-13(18)6-4-11/h1-7,12,22H,8-10H2,(H2,20,21,23)/t12-/m1/s1. The number of hydrogen-bond donors (Lipinski definition) is 3. The van der Waals surface area contributed by atoms with Crippen LogP contribution in [0, 0.1) is 11.7 Å². The third-order valence-corrected chi connectivity index (χ3v) is 3.56. The Kier molecular flexibility index (Phi) is 6.31. The average molecular weight is 338 g/mol. The maximum atomic E-state index is 12.9. The van der Waals surface area contributed by atoms with Crippen LogP contribution in [0.5, 0.6) is 0 Å². The number of aromatic nitrogens is 1. The third kappa shape index (κ3) is 5.50. The number of halogens is 2. The first-order valence-electron chi connectivity index (χ1n) is 7.09. The molecule has 1 atom stereocenters. The number of carbonyl (C=O) groups is 1. The topological polar surface area (TPSA) is 74.2 Å². The highest BCUT2D eigenvalue weighted by atomic mass is 35.5. The minimum atomic E-state index is -0.433. The second-order valence-corrected chi connectivity index (χ2v) is 5.41. The normalized spacial score (nSPS) is 11.8. The van der Waals surface area contributed by atoms with Crippen LogP contribution in [0.15, 0.2) is 42.6 Å². The van der Waals surface area contributed by atoms with Gasteiger partial charge in [-0.2, -0.15) is 0 Å². The zero-order valence-electron chi connectivity index (χ0n) is 12.3. The van der Waals surface area contributed by atoms with Gasteiger partial charge in [-0.05, 0) is 36.2 Å². The number of aliphatic hydroxyl groups excluding tert-OH is 1. The van der Waals surface area contributed by atoms with E-state index in [0.717, 1.165) is 5.56 Å².